The van der Waals surface area contributed by atoms with E-state index < -0.39 is 11.6 Å². The van der Waals surface area contributed by atoms with Gasteiger partial charge in [-0.1, -0.05) is 37.0 Å². The van der Waals surface area contributed by atoms with Crippen LogP contribution in [0.4, 0.5) is 8.78 Å². The average molecular weight is 1020 g/mol. The highest BCUT2D eigenvalue weighted by atomic mass is 128. The molecule has 8 nitrogen and oxygen atoms in total. The molecule has 6 aromatic rings. The number of benzene rings is 2. The minimum absolute atomic E-state index is 0.0660. The van der Waals surface area contributed by atoms with E-state index >= 15 is 0 Å². The van der Waals surface area contributed by atoms with Crippen LogP contribution in [0.25, 0.3) is 11.3 Å². The van der Waals surface area contributed by atoms with E-state index in [0.717, 1.165) is 0 Å². The van der Waals surface area contributed by atoms with Crippen LogP contribution in [0.2, 0.25) is 10.0 Å². The van der Waals surface area contributed by atoms with Crippen LogP contribution < -0.4 is 0 Å². The number of pyridine rings is 2. The highest BCUT2D eigenvalue weighted by Crippen LogP contribution is 2.32. The molecule has 0 radical (unpaired) electrons. The van der Waals surface area contributed by atoms with Crippen molar-refractivity contribution in [1.82, 2.24) is 18.8 Å². The molecule has 0 fully saturated rings. The van der Waals surface area contributed by atoms with Crippen molar-refractivity contribution in [2.75, 3.05) is 0 Å². The summed E-state index contributed by atoms with van der Waals surface area (Å²) >= 11 is 17.9. The second-order valence-electron chi connectivity index (χ2n) is 9.79. The van der Waals surface area contributed by atoms with Crippen molar-refractivity contribution in [1.29, 1.82) is 0 Å². The van der Waals surface area contributed by atoms with Crippen molar-refractivity contribution in [3.8, 4) is 11.5 Å². The Hall–Kier alpha value is -2.61. The van der Waals surface area contributed by atoms with E-state index in [0.29, 0.717) is 61.6 Å². The van der Waals surface area contributed by atoms with Gasteiger partial charge < -0.3 is 10.2 Å². The number of carbonyl (C=O) groups excluding carboxylic acids is 2. The first-order valence-electron chi connectivity index (χ1n) is 13.7. The Bertz CT molecular complexity index is 2120. The van der Waals surface area contributed by atoms with Gasteiger partial charge in [-0.3, -0.25) is 18.4 Å². The number of ketones is 2. The number of carbonyl (C=O) groups is 2. The predicted octanol–water partition coefficient (Wildman–Crippen LogP) is 9.63. The topological polar surface area (TPSA) is 109 Å². The van der Waals surface area contributed by atoms with E-state index in [-0.39, 0.29) is 33.1 Å². The van der Waals surface area contributed by atoms with E-state index in [1.165, 1.54) is 69.7 Å². The maximum Gasteiger partial charge on any atom is 0.211 e. The van der Waals surface area contributed by atoms with Gasteiger partial charge in [0.25, 0.3) is 0 Å². The summed E-state index contributed by atoms with van der Waals surface area (Å²) in [6, 6.07) is 12.8. The van der Waals surface area contributed by atoms with Crippen molar-refractivity contribution in [2.45, 2.75) is 26.7 Å². The number of phenols is 2. The minimum atomic E-state index is -0.454. The lowest BCUT2D eigenvalue weighted by Crippen LogP contribution is -2.09. The Labute approximate surface area is 314 Å². The van der Waals surface area contributed by atoms with E-state index in [2.05, 4.69) is 47.2 Å². The van der Waals surface area contributed by atoms with Gasteiger partial charge in [-0.2, -0.15) is 0 Å². The average Bonchev–Trinajstić information content (AvgIpc) is 3.62. The quantitative estimate of drug-likeness (QED) is 0.127. The van der Waals surface area contributed by atoms with Crippen LogP contribution in [0.3, 0.4) is 0 Å². The summed E-state index contributed by atoms with van der Waals surface area (Å²) in [5.41, 5.74) is 3.41. The van der Waals surface area contributed by atoms with Gasteiger partial charge in [0.05, 0.1) is 25.0 Å². The number of imidazole rings is 2. The highest BCUT2D eigenvalue weighted by Gasteiger charge is 2.23. The second-order valence-corrected chi connectivity index (χ2v) is 11.8. The number of hydrogen-bond donors (Lipinski definition) is 2. The molecule has 6 rings (SSSR count). The predicted molar refractivity (Wildman–Crippen MR) is 203 cm³/mol. The fourth-order valence-corrected chi connectivity index (χ4v) is 5.91. The van der Waals surface area contributed by atoms with Crippen molar-refractivity contribution < 1.29 is 28.6 Å². The van der Waals surface area contributed by atoms with Gasteiger partial charge in [-0.05, 0) is 90.0 Å². The molecule has 0 amide bonds. The lowest BCUT2D eigenvalue weighted by atomic mass is 10.1. The third-order valence-corrected chi connectivity index (χ3v) is 8.31. The fourth-order valence-electron chi connectivity index (χ4n) is 4.73. The first kappa shape index (κ1) is 37.2. The van der Waals surface area contributed by atoms with E-state index in [1.54, 1.807) is 6.07 Å². The first-order chi connectivity index (χ1) is 22.4. The molecule has 47 heavy (non-hydrogen) atoms. The van der Waals surface area contributed by atoms with E-state index in [4.69, 9.17) is 23.2 Å². The van der Waals surface area contributed by atoms with E-state index in [1.807, 2.05) is 36.4 Å². The standard InChI is InChI=1S/C16H11ClFIN2O2.C16H12ClFN2O2.I2/c1-2-12-14(21-7-9(18)3-4-13(21)20-12)15(22)8-5-10(17)16(23)11(19)6-8;1-2-12-15(20-8-10(18)4-6-14(20)19-12)16(22)9-3-5-13(21)11(17)7-9;1-2/h3-7,23H,2H2,1H3;3-8,21H,2H2,1H3;. The number of fused-ring (bicyclic) bond motifs is 2. The molecule has 0 aliphatic carbocycles. The molecule has 2 aromatic carbocycles. The zero-order valence-corrected chi connectivity index (χ0v) is 32.4. The van der Waals surface area contributed by atoms with Crippen molar-refractivity contribution >= 4 is 106 Å². The van der Waals surface area contributed by atoms with Crippen molar-refractivity contribution in [3.63, 3.8) is 0 Å². The van der Waals surface area contributed by atoms with Crippen molar-refractivity contribution in [3.05, 3.63) is 126 Å². The summed E-state index contributed by atoms with van der Waals surface area (Å²) in [7, 11) is 0. The molecular weight excluding hydrogens is 994 g/mol. The number of aryl methyl sites for hydroxylation is 2. The van der Waals surface area contributed by atoms with Crippen LogP contribution in [-0.4, -0.2) is 40.5 Å². The molecule has 0 unspecified atom stereocenters. The van der Waals surface area contributed by atoms with Gasteiger partial charge in [0.15, 0.2) is 0 Å². The molecule has 0 saturated carbocycles. The fraction of sp³-hybridized carbons (Fsp3) is 0.125. The molecule has 0 saturated heterocycles. The molecule has 2 N–H and O–H groups in total. The van der Waals surface area contributed by atoms with Gasteiger partial charge in [-0.25, -0.2) is 18.7 Å². The number of aromatic hydroxyl groups is 2. The van der Waals surface area contributed by atoms with Crippen LogP contribution in [0.1, 0.15) is 57.3 Å². The zero-order chi connectivity index (χ0) is 34.6. The van der Waals surface area contributed by atoms with Crippen LogP contribution in [0.15, 0.2) is 67.0 Å². The summed E-state index contributed by atoms with van der Waals surface area (Å²) in [4.78, 5) is 34.4. The lowest BCUT2D eigenvalue weighted by Gasteiger charge is -2.07. The normalized spacial score (nSPS) is 10.7. The summed E-state index contributed by atoms with van der Waals surface area (Å²) in [5.74, 6) is -1.71. The number of hydrogen-bond acceptors (Lipinski definition) is 6. The number of aromatic nitrogens is 4. The zero-order valence-electron chi connectivity index (χ0n) is 24.4. The molecule has 0 atom stereocenters. The highest BCUT2D eigenvalue weighted by molar-refractivity contribution is 15.0. The Balaban J connectivity index is 0.000000202. The Morgan fingerprint density at radius 1 is 0.745 bits per heavy atom. The maximum atomic E-state index is 13.6. The summed E-state index contributed by atoms with van der Waals surface area (Å²) in [6.45, 7) is 3.75. The minimum Gasteiger partial charge on any atom is -0.506 e. The van der Waals surface area contributed by atoms with Gasteiger partial charge in [0.1, 0.15) is 45.8 Å². The first-order valence-corrected chi connectivity index (χ1v) is 21.8. The molecule has 0 spiro atoms. The molecule has 0 aliphatic rings. The molecule has 0 bridgehead atoms. The van der Waals surface area contributed by atoms with Gasteiger partial charge >= 0.3 is 0 Å². The Kier molecular flexibility index (Phi) is 12.8. The van der Waals surface area contributed by atoms with Crippen molar-refractivity contribution in [2.24, 2.45) is 0 Å². The SMILES string of the molecule is CCc1nc2ccc(F)cn2c1C(=O)c1cc(Cl)c(O)c(I)c1.CCc1nc2ccc(F)cn2c1C(=O)c1ccc(O)c(Cl)c1.II. The smallest absolute Gasteiger partial charge is 0.211 e. The lowest BCUT2D eigenvalue weighted by molar-refractivity contribution is 0.102. The van der Waals surface area contributed by atoms with Crippen LogP contribution >= 0.6 is 83.0 Å². The number of rotatable bonds is 6. The molecule has 15 heteroatoms. The van der Waals surface area contributed by atoms with Crippen LogP contribution in [-0.2, 0) is 12.8 Å². The number of phenolic OH excluding ortho intramolecular Hbond substituents is 2. The molecular formula is C32H23Cl2F2I3N4O4. The Morgan fingerprint density at radius 3 is 1.66 bits per heavy atom. The molecule has 244 valence electrons. The summed E-state index contributed by atoms with van der Waals surface area (Å²) in [6.07, 6.45) is 3.54. The van der Waals surface area contributed by atoms with Crippen LogP contribution in [0.5, 0.6) is 11.5 Å². The summed E-state index contributed by atoms with van der Waals surface area (Å²) in [5, 5.41) is 19.4. The number of nitrogens with zero attached hydrogens (tertiary/aromatic N) is 4. The molecule has 0 aliphatic heterocycles. The monoisotopic (exact) mass is 1020 g/mol. The third kappa shape index (κ3) is 8.00. The Morgan fingerprint density at radius 2 is 1.21 bits per heavy atom. The largest absolute Gasteiger partial charge is 0.506 e. The third-order valence-electron chi connectivity index (χ3n) is 6.90. The van der Waals surface area contributed by atoms with Gasteiger partial charge in [0, 0.05) is 60.8 Å². The van der Waals surface area contributed by atoms with Gasteiger partial charge in [0.2, 0.25) is 11.6 Å². The maximum absolute atomic E-state index is 13.6. The van der Waals surface area contributed by atoms with Crippen LogP contribution in [0, 0.1) is 15.2 Å². The summed E-state index contributed by atoms with van der Waals surface area (Å²) < 4.78 is 30.4. The second kappa shape index (κ2) is 16.2. The van der Waals surface area contributed by atoms with E-state index in [9.17, 15) is 28.6 Å². The van der Waals surface area contributed by atoms with Gasteiger partial charge in [-0.15, -0.1) is 0 Å². The molecule has 4 heterocycles. The number of halogens is 7. The molecule has 4 aromatic heterocycles.